The predicted molar refractivity (Wildman–Crippen MR) is 57.8 cm³/mol. The molecular weight excluding hydrogens is 196 g/mol. The fraction of sp³-hybridized carbons (Fsp3) is 0.273. The van der Waals surface area contributed by atoms with Gasteiger partial charge >= 0.3 is 0 Å². The lowest BCUT2D eigenvalue weighted by atomic mass is 10.1. The summed E-state index contributed by atoms with van der Waals surface area (Å²) < 4.78 is 0. The van der Waals surface area contributed by atoms with E-state index in [4.69, 9.17) is 0 Å². The van der Waals surface area contributed by atoms with Crippen LogP contribution in [-0.4, -0.2) is 17.3 Å². The maximum Gasteiger partial charge on any atom is 0.225 e. The highest BCUT2D eigenvalue weighted by Crippen LogP contribution is 2.22. The SMILES string of the molecule is CC(C)Sc1ccc(C(=O)C=O)cc1. The van der Waals surface area contributed by atoms with Crippen molar-refractivity contribution in [1.82, 2.24) is 0 Å². The zero-order chi connectivity index (χ0) is 10.6. The lowest BCUT2D eigenvalue weighted by Crippen LogP contribution is -1.99. The number of carbonyl (C=O) groups excluding carboxylic acids is 2. The minimum atomic E-state index is -0.467. The first-order chi connectivity index (χ1) is 6.63. The van der Waals surface area contributed by atoms with Crippen LogP contribution in [-0.2, 0) is 4.79 Å². The van der Waals surface area contributed by atoms with Crippen LogP contribution in [0, 0.1) is 0 Å². The van der Waals surface area contributed by atoms with Crippen molar-refractivity contribution in [3.63, 3.8) is 0 Å². The summed E-state index contributed by atoms with van der Waals surface area (Å²) in [5, 5.41) is 0.516. The maximum atomic E-state index is 11.0. The normalized spacial score (nSPS) is 10.2. The monoisotopic (exact) mass is 208 g/mol. The van der Waals surface area contributed by atoms with Crippen molar-refractivity contribution in [2.24, 2.45) is 0 Å². The smallest absolute Gasteiger partial charge is 0.225 e. The number of ketones is 1. The Morgan fingerprint density at radius 1 is 1.29 bits per heavy atom. The molecule has 1 rings (SSSR count). The minimum absolute atomic E-state index is 0.338. The van der Waals surface area contributed by atoms with E-state index in [0.29, 0.717) is 17.1 Å². The zero-order valence-corrected chi connectivity index (χ0v) is 9.01. The molecule has 0 aromatic heterocycles. The molecule has 0 heterocycles. The molecule has 0 radical (unpaired) electrons. The third-order valence-electron chi connectivity index (χ3n) is 1.62. The van der Waals surface area contributed by atoms with Gasteiger partial charge in [-0.2, -0.15) is 0 Å². The van der Waals surface area contributed by atoms with Gasteiger partial charge < -0.3 is 0 Å². The fourth-order valence-corrected chi connectivity index (χ4v) is 1.88. The van der Waals surface area contributed by atoms with E-state index in [9.17, 15) is 9.59 Å². The number of aldehydes is 1. The number of thioether (sulfide) groups is 1. The molecule has 0 saturated carbocycles. The first-order valence-corrected chi connectivity index (χ1v) is 5.27. The second-order valence-electron chi connectivity index (χ2n) is 3.17. The summed E-state index contributed by atoms with van der Waals surface area (Å²) in [5.74, 6) is -0.467. The molecule has 14 heavy (non-hydrogen) atoms. The van der Waals surface area contributed by atoms with Gasteiger partial charge in [-0.15, -0.1) is 11.8 Å². The Morgan fingerprint density at radius 3 is 2.29 bits per heavy atom. The quantitative estimate of drug-likeness (QED) is 0.330. The van der Waals surface area contributed by atoms with Crippen LogP contribution in [0.5, 0.6) is 0 Å². The summed E-state index contributed by atoms with van der Waals surface area (Å²) in [5.41, 5.74) is 0.452. The van der Waals surface area contributed by atoms with Crippen LogP contribution in [0.1, 0.15) is 24.2 Å². The van der Waals surface area contributed by atoms with E-state index in [1.807, 2.05) is 12.1 Å². The molecule has 0 aliphatic rings. The highest BCUT2D eigenvalue weighted by Gasteiger charge is 2.03. The zero-order valence-electron chi connectivity index (χ0n) is 8.19. The molecule has 0 bridgehead atoms. The highest BCUT2D eigenvalue weighted by atomic mass is 32.2. The van der Waals surface area contributed by atoms with E-state index in [1.165, 1.54) is 0 Å². The van der Waals surface area contributed by atoms with Gasteiger partial charge in [0.15, 0.2) is 6.29 Å². The molecule has 0 fully saturated rings. The van der Waals surface area contributed by atoms with Crippen molar-refractivity contribution in [1.29, 1.82) is 0 Å². The molecule has 0 aliphatic carbocycles. The maximum absolute atomic E-state index is 11.0. The molecule has 74 valence electrons. The molecule has 0 N–H and O–H groups in total. The van der Waals surface area contributed by atoms with Gasteiger partial charge in [-0.3, -0.25) is 9.59 Å². The standard InChI is InChI=1S/C11H12O2S/c1-8(2)14-10-5-3-9(4-6-10)11(13)7-12/h3-8H,1-2H3. The van der Waals surface area contributed by atoms with Gasteiger partial charge in [-0.1, -0.05) is 13.8 Å². The molecule has 0 atom stereocenters. The number of carbonyl (C=O) groups is 2. The molecular formula is C11H12O2S. The van der Waals surface area contributed by atoms with Crippen molar-refractivity contribution in [2.75, 3.05) is 0 Å². The average Bonchev–Trinajstić information content (AvgIpc) is 2.17. The van der Waals surface area contributed by atoms with E-state index in [1.54, 1.807) is 23.9 Å². The van der Waals surface area contributed by atoms with Gasteiger partial charge in [0, 0.05) is 15.7 Å². The van der Waals surface area contributed by atoms with E-state index < -0.39 is 5.78 Å². The van der Waals surface area contributed by atoms with Gasteiger partial charge in [0.1, 0.15) is 0 Å². The predicted octanol–water partition coefficient (Wildman–Crippen LogP) is 2.57. The summed E-state index contributed by atoms with van der Waals surface area (Å²) in [6.45, 7) is 4.21. The van der Waals surface area contributed by atoms with Crippen molar-refractivity contribution in [2.45, 2.75) is 24.0 Å². The Balaban J connectivity index is 2.78. The second kappa shape index (κ2) is 4.96. The largest absolute Gasteiger partial charge is 0.294 e. The summed E-state index contributed by atoms with van der Waals surface area (Å²) in [6.07, 6.45) is 0.338. The first-order valence-electron chi connectivity index (χ1n) is 4.39. The summed E-state index contributed by atoms with van der Waals surface area (Å²) in [4.78, 5) is 22.3. The first kappa shape index (κ1) is 11.0. The van der Waals surface area contributed by atoms with Crippen LogP contribution in [0.15, 0.2) is 29.2 Å². The Labute approximate surface area is 87.7 Å². The number of benzene rings is 1. The number of Topliss-reactive ketones (excluding diaryl/α,β-unsaturated/α-hetero) is 1. The van der Waals surface area contributed by atoms with Gasteiger partial charge in [0.25, 0.3) is 0 Å². The molecule has 0 saturated heterocycles. The van der Waals surface area contributed by atoms with Crippen molar-refractivity contribution < 1.29 is 9.59 Å². The van der Waals surface area contributed by atoms with Crippen LogP contribution in [0.2, 0.25) is 0 Å². The second-order valence-corrected chi connectivity index (χ2v) is 4.82. The van der Waals surface area contributed by atoms with E-state index in [-0.39, 0.29) is 0 Å². The van der Waals surface area contributed by atoms with E-state index in [0.717, 1.165) is 4.90 Å². The molecule has 1 aromatic rings. The van der Waals surface area contributed by atoms with Gasteiger partial charge in [0.2, 0.25) is 5.78 Å². The number of hydrogen-bond donors (Lipinski definition) is 0. The molecule has 0 amide bonds. The summed E-state index contributed by atoms with van der Waals surface area (Å²) in [7, 11) is 0. The molecule has 0 unspecified atom stereocenters. The topological polar surface area (TPSA) is 34.1 Å². The molecule has 0 spiro atoms. The number of hydrogen-bond acceptors (Lipinski definition) is 3. The van der Waals surface area contributed by atoms with Crippen LogP contribution < -0.4 is 0 Å². The van der Waals surface area contributed by atoms with Crippen molar-refractivity contribution >= 4 is 23.8 Å². The van der Waals surface area contributed by atoms with Crippen molar-refractivity contribution in [3.05, 3.63) is 29.8 Å². The van der Waals surface area contributed by atoms with Crippen LogP contribution in [0.4, 0.5) is 0 Å². The van der Waals surface area contributed by atoms with Gasteiger partial charge in [-0.05, 0) is 24.3 Å². The molecule has 0 aliphatic heterocycles. The van der Waals surface area contributed by atoms with Crippen molar-refractivity contribution in [3.8, 4) is 0 Å². The van der Waals surface area contributed by atoms with Crippen LogP contribution in [0.25, 0.3) is 0 Å². The van der Waals surface area contributed by atoms with Crippen LogP contribution >= 0.6 is 11.8 Å². The Hall–Kier alpha value is -1.09. The molecule has 3 heteroatoms. The van der Waals surface area contributed by atoms with E-state index in [2.05, 4.69) is 13.8 Å². The minimum Gasteiger partial charge on any atom is -0.294 e. The molecule has 2 nitrogen and oxygen atoms in total. The summed E-state index contributed by atoms with van der Waals surface area (Å²) >= 11 is 1.73. The lowest BCUT2D eigenvalue weighted by Gasteiger charge is -2.04. The summed E-state index contributed by atoms with van der Waals surface area (Å²) in [6, 6.07) is 7.09. The highest BCUT2D eigenvalue weighted by molar-refractivity contribution is 7.99. The number of rotatable bonds is 4. The average molecular weight is 208 g/mol. The Bertz CT molecular complexity index is 328. The van der Waals surface area contributed by atoms with Gasteiger partial charge in [-0.25, -0.2) is 0 Å². The van der Waals surface area contributed by atoms with E-state index >= 15 is 0 Å². The fourth-order valence-electron chi connectivity index (χ4n) is 1.04. The third kappa shape index (κ3) is 3.00. The van der Waals surface area contributed by atoms with Gasteiger partial charge in [0.05, 0.1) is 0 Å². The molecule has 1 aromatic carbocycles. The Kier molecular flexibility index (Phi) is 3.89. The van der Waals surface area contributed by atoms with Crippen LogP contribution in [0.3, 0.4) is 0 Å². The third-order valence-corrected chi connectivity index (χ3v) is 2.63. The Morgan fingerprint density at radius 2 is 1.86 bits per heavy atom. The lowest BCUT2D eigenvalue weighted by molar-refractivity contribution is -0.104.